The number of carbonyl (C=O) groups is 1. The van der Waals surface area contributed by atoms with E-state index in [4.69, 9.17) is 4.74 Å². The van der Waals surface area contributed by atoms with Crippen LogP contribution in [0.4, 0.5) is 0 Å². The van der Waals surface area contributed by atoms with Crippen LogP contribution in [-0.2, 0) is 0 Å². The van der Waals surface area contributed by atoms with Gasteiger partial charge in [0, 0.05) is 11.1 Å². The Kier molecular flexibility index (Phi) is 7.34. The van der Waals surface area contributed by atoms with Gasteiger partial charge in [-0.3, -0.25) is 4.79 Å². The molecule has 0 aliphatic heterocycles. The van der Waals surface area contributed by atoms with Gasteiger partial charge in [0.15, 0.2) is 5.78 Å². The Morgan fingerprint density at radius 3 is 2.38 bits per heavy atom. The molecule has 2 aromatic rings. The van der Waals surface area contributed by atoms with Crippen molar-refractivity contribution in [2.24, 2.45) is 0 Å². The summed E-state index contributed by atoms with van der Waals surface area (Å²) in [6.07, 6.45) is 7.18. The Morgan fingerprint density at radius 1 is 0.958 bits per heavy atom. The molecule has 0 saturated heterocycles. The summed E-state index contributed by atoms with van der Waals surface area (Å²) in [4.78, 5) is 12.3. The summed E-state index contributed by atoms with van der Waals surface area (Å²) in [6.45, 7) is 2.81. The van der Waals surface area contributed by atoms with Crippen molar-refractivity contribution in [3.05, 3.63) is 59.7 Å². The smallest absolute Gasteiger partial charge is 0.192 e. The second-order valence-corrected chi connectivity index (χ2v) is 5.97. The molecule has 0 saturated carbocycles. The number of unbranched alkanes of at least 4 members (excludes halogenated alkanes) is 5. The van der Waals surface area contributed by atoms with Crippen molar-refractivity contribution in [1.82, 2.24) is 0 Å². The lowest BCUT2D eigenvalue weighted by Crippen LogP contribution is -2.07. The van der Waals surface area contributed by atoms with E-state index in [2.05, 4.69) is 6.92 Å². The molecule has 0 aliphatic carbocycles. The minimum atomic E-state index is -0.288. The number of hydrogen-bond donors (Lipinski definition) is 0. The first kappa shape index (κ1) is 18.1. The van der Waals surface area contributed by atoms with Gasteiger partial charge in [-0.15, -0.1) is 0 Å². The highest BCUT2D eigenvalue weighted by atomic mass is 16.5. The summed E-state index contributed by atoms with van der Waals surface area (Å²) in [6, 6.07) is 13.5. The van der Waals surface area contributed by atoms with Gasteiger partial charge in [-0.25, -0.2) is 0 Å². The maximum atomic E-state index is 12.3. The van der Waals surface area contributed by atoms with E-state index in [0.717, 1.165) is 12.8 Å². The van der Waals surface area contributed by atoms with Crippen molar-refractivity contribution < 1.29 is 14.6 Å². The molecule has 0 heterocycles. The molecule has 0 unspecified atom stereocenters. The van der Waals surface area contributed by atoms with Gasteiger partial charge >= 0.3 is 0 Å². The van der Waals surface area contributed by atoms with E-state index in [9.17, 15) is 9.90 Å². The fourth-order valence-corrected chi connectivity index (χ4v) is 2.60. The lowest BCUT2D eigenvalue weighted by Gasteiger charge is -2.15. The molecule has 2 aromatic carbocycles. The fourth-order valence-electron chi connectivity index (χ4n) is 2.60. The molecule has 128 valence electrons. The van der Waals surface area contributed by atoms with Gasteiger partial charge in [0.05, 0.1) is 6.61 Å². The summed E-state index contributed by atoms with van der Waals surface area (Å²) in [5.74, 6) is 0.00513. The number of ether oxygens (including phenoxy) is 1. The molecule has 0 radical (unpaired) electrons. The Labute approximate surface area is 144 Å². The Morgan fingerprint density at radius 2 is 1.67 bits per heavy atom. The van der Waals surface area contributed by atoms with Crippen LogP contribution in [0.3, 0.4) is 0 Å². The van der Waals surface area contributed by atoms with Gasteiger partial charge < -0.3 is 9.84 Å². The number of ketones is 1. The predicted octanol–water partition coefficient (Wildman–Crippen LogP) is 4.73. The molecule has 24 heavy (non-hydrogen) atoms. The van der Waals surface area contributed by atoms with E-state index in [1.54, 1.807) is 36.4 Å². The second kappa shape index (κ2) is 9.76. The minimum absolute atomic E-state index is 0.188. The van der Waals surface area contributed by atoms with Gasteiger partial charge in [-0.2, -0.15) is 0 Å². The molecule has 0 N–H and O–H groups in total. The number of rotatable bonds is 10. The highest BCUT2D eigenvalue weighted by molar-refractivity contribution is 6.10. The highest BCUT2D eigenvalue weighted by Gasteiger charge is 2.09. The van der Waals surface area contributed by atoms with Crippen molar-refractivity contribution in [1.29, 1.82) is 0 Å². The molecule has 0 bridgehead atoms. The maximum absolute atomic E-state index is 12.3. The van der Waals surface area contributed by atoms with E-state index in [0.29, 0.717) is 17.9 Å². The second-order valence-electron chi connectivity index (χ2n) is 5.97. The Balaban J connectivity index is 1.85. The van der Waals surface area contributed by atoms with Crippen LogP contribution >= 0.6 is 0 Å². The van der Waals surface area contributed by atoms with Gasteiger partial charge in [-0.05, 0) is 24.6 Å². The van der Waals surface area contributed by atoms with Crippen LogP contribution < -0.4 is 9.84 Å². The van der Waals surface area contributed by atoms with Crippen LogP contribution in [0.5, 0.6) is 11.5 Å². The van der Waals surface area contributed by atoms with Crippen molar-refractivity contribution in [2.45, 2.75) is 45.4 Å². The summed E-state index contributed by atoms with van der Waals surface area (Å²) in [5, 5.41) is 12.2. The first-order valence-electron chi connectivity index (χ1n) is 8.76. The third-order valence-corrected chi connectivity index (χ3v) is 4.00. The zero-order valence-corrected chi connectivity index (χ0v) is 14.3. The highest BCUT2D eigenvalue weighted by Crippen LogP contribution is 2.24. The zero-order chi connectivity index (χ0) is 17.2. The van der Waals surface area contributed by atoms with Crippen LogP contribution in [-0.4, -0.2) is 12.4 Å². The molecule has 0 spiro atoms. The Bertz CT molecular complexity index is 635. The zero-order valence-electron chi connectivity index (χ0n) is 14.3. The van der Waals surface area contributed by atoms with Gasteiger partial charge in [0.1, 0.15) is 5.75 Å². The third-order valence-electron chi connectivity index (χ3n) is 4.00. The third kappa shape index (κ3) is 5.41. The number of benzene rings is 2. The largest absolute Gasteiger partial charge is 0.872 e. The lowest BCUT2D eigenvalue weighted by atomic mass is 10.0. The van der Waals surface area contributed by atoms with Gasteiger partial charge in [0.25, 0.3) is 0 Å². The van der Waals surface area contributed by atoms with Crippen molar-refractivity contribution in [3.8, 4) is 11.5 Å². The number of hydrogen-bond acceptors (Lipinski definition) is 3. The van der Waals surface area contributed by atoms with Crippen LogP contribution in [0.1, 0.15) is 61.4 Å². The van der Waals surface area contributed by atoms with E-state index >= 15 is 0 Å². The standard InChI is InChI=1S/C21H26O3/c1-2-3-4-5-6-10-15-24-18-13-14-19(20(22)16-18)21(23)17-11-8-7-9-12-17/h7-9,11-14,16,22H,2-6,10,15H2,1H3/p-1. The summed E-state index contributed by atoms with van der Waals surface area (Å²) < 4.78 is 5.62. The molecule has 3 nitrogen and oxygen atoms in total. The average molecular weight is 325 g/mol. The SMILES string of the molecule is CCCCCCCCOc1ccc(C(=O)c2ccccc2)c([O-])c1. The molecular weight excluding hydrogens is 300 g/mol. The van der Waals surface area contributed by atoms with E-state index in [1.165, 1.54) is 31.7 Å². The molecule has 0 fully saturated rings. The first-order valence-corrected chi connectivity index (χ1v) is 8.76. The summed E-state index contributed by atoms with van der Waals surface area (Å²) in [7, 11) is 0. The summed E-state index contributed by atoms with van der Waals surface area (Å²) >= 11 is 0. The van der Waals surface area contributed by atoms with Crippen LogP contribution in [0.15, 0.2) is 48.5 Å². The topological polar surface area (TPSA) is 49.4 Å². The Hall–Kier alpha value is -2.29. The van der Waals surface area contributed by atoms with Crippen LogP contribution in [0.25, 0.3) is 0 Å². The fraction of sp³-hybridized carbons (Fsp3) is 0.381. The molecule has 0 amide bonds. The minimum Gasteiger partial charge on any atom is -0.872 e. The van der Waals surface area contributed by atoms with Crippen molar-refractivity contribution in [2.75, 3.05) is 6.61 Å². The van der Waals surface area contributed by atoms with Crippen LogP contribution in [0.2, 0.25) is 0 Å². The number of carbonyl (C=O) groups excluding carboxylic acids is 1. The molecule has 0 aromatic heterocycles. The maximum Gasteiger partial charge on any atom is 0.192 e. The quantitative estimate of drug-likeness (QED) is 0.468. The van der Waals surface area contributed by atoms with Crippen molar-refractivity contribution >= 4 is 5.78 Å². The van der Waals surface area contributed by atoms with E-state index in [-0.39, 0.29) is 17.1 Å². The normalized spacial score (nSPS) is 10.5. The van der Waals surface area contributed by atoms with Crippen LogP contribution in [0, 0.1) is 0 Å². The average Bonchev–Trinajstić information content (AvgIpc) is 2.61. The predicted molar refractivity (Wildman–Crippen MR) is 94.6 cm³/mol. The molecular formula is C21H25O3-. The first-order chi connectivity index (χ1) is 11.7. The monoisotopic (exact) mass is 325 g/mol. The van der Waals surface area contributed by atoms with Crippen molar-refractivity contribution in [3.63, 3.8) is 0 Å². The van der Waals surface area contributed by atoms with Gasteiger partial charge in [-0.1, -0.05) is 75.1 Å². The van der Waals surface area contributed by atoms with E-state index < -0.39 is 0 Å². The summed E-state index contributed by atoms with van der Waals surface area (Å²) in [5.41, 5.74) is 0.712. The molecule has 0 atom stereocenters. The molecule has 0 aliphatic rings. The van der Waals surface area contributed by atoms with Gasteiger partial charge in [0.2, 0.25) is 0 Å². The lowest BCUT2D eigenvalue weighted by molar-refractivity contribution is -0.268. The molecule has 3 heteroatoms. The van der Waals surface area contributed by atoms with E-state index in [1.807, 2.05) is 6.07 Å². The molecule has 2 rings (SSSR count).